The summed E-state index contributed by atoms with van der Waals surface area (Å²) in [5, 5.41) is 9.72. The van der Waals surface area contributed by atoms with Crippen LogP contribution in [0.1, 0.15) is 21.5 Å². The van der Waals surface area contributed by atoms with E-state index in [1.807, 2.05) is 6.07 Å². The first-order valence-corrected chi connectivity index (χ1v) is 7.40. The molecule has 0 saturated heterocycles. The molecule has 0 aromatic heterocycles. The van der Waals surface area contributed by atoms with E-state index in [1.54, 1.807) is 38.5 Å². The van der Waals surface area contributed by atoms with Crippen molar-refractivity contribution >= 4 is 23.5 Å². The summed E-state index contributed by atoms with van der Waals surface area (Å²) in [4.78, 5) is 12.6. The van der Waals surface area contributed by atoms with Gasteiger partial charge >= 0.3 is 0 Å². The summed E-state index contributed by atoms with van der Waals surface area (Å²) in [6, 6.07) is 8.39. The van der Waals surface area contributed by atoms with E-state index in [9.17, 15) is 9.90 Å². The van der Waals surface area contributed by atoms with Crippen LogP contribution in [-0.2, 0) is 6.42 Å². The molecule has 23 heavy (non-hydrogen) atoms. The molecule has 0 saturated carbocycles. The van der Waals surface area contributed by atoms with Gasteiger partial charge in [0.2, 0.25) is 0 Å². The van der Waals surface area contributed by atoms with Crippen LogP contribution in [0.4, 0.5) is 0 Å². The standard InChI is InChI=1S/C18H15ClO4/c1-22-16-8-11-7-12(18(21)13(11)9-17(16)23-2)5-10-3-4-15(20)14(19)6-10/h3-6,8-9,20H,7H2,1-2H3. The Kier molecular flexibility index (Phi) is 4.01. The summed E-state index contributed by atoms with van der Waals surface area (Å²) < 4.78 is 10.5. The highest BCUT2D eigenvalue weighted by Gasteiger charge is 2.27. The molecule has 2 aromatic rings. The number of fused-ring (bicyclic) bond motifs is 1. The van der Waals surface area contributed by atoms with Crippen molar-refractivity contribution < 1.29 is 19.4 Å². The van der Waals surface area contributed by atoms with Gasteiger partial charge < -0.3 is 14.6 Å². The molecule has 0 spiro atoms. The van der Waals surface area contributed by atoms with E-state index in [0.717, 1.165) is 11.1 Å². The molecule has 0 fully saturated rings. The highest BCUT2D eigenvalue weighted by molar-refractivity contribution is 6.32. The van der Waals surface area contributed by atoms with Crippen molar-refractivity contribution in [3.05, 3.63) is 57.6 Å². The third-order valence-corrected chi connectivity index (χ3v) is 4.14. The zero-order chi connectivity index (χ0) is 16.6. The van der Waals surface area contributed by atoms with E-state index in [0.29, 0.717) is 29.1 Å². The molecular formula is C18H15ClO4. The van der Waals surface area contributed by atoms with Crippen molar-refractivity contribution in [2.75, 3.05) is 14.2 Å². The predicted octanol–water partition coefficient (Wildman–Crippen LogP) is 3.89. The van der Waals surface area contributed by atoms with Crippen LogP contribution in [0.3, 0.4) is 0 Å². The van der Waals surface area contributed by atoms with Gasteiger partial charge in [0.25, 0.3) is 0 Å². The average molecular weight is 331 g/mol. The van der Waals surface area contributed by atoms with Crippen LogP contribution in [0.15, 0.2) is 35.9 Å². The quantitative estimate of drug-likeness (QED) is 0.868. The first-order chi connectivity index (χ1) is 11.0. The van der Waals surface area contributed by atoms with Crippen molar-refractivity contribution in [3.63, 3.8) is 0 Å². The van der Waals surface area contributed by atoms with Gasteiger partial charge in [0.1, 0.15) is 5.75 Å². The molecule has 0 unspecified atom stereocenters. The molecule has 5 heteroatoms. The predicted molar refractivity (Wildman–Crippen MR) is 88.7 cm³/mol. The lowest BCUT2D eigenvalue weighted by Crippen LogP contribution is -1.97. The summed E-state index contributed by atoms with van der Waals surface area (Å²) >= 11 is 5.91. The molecule has 0 heterocycles. The molecule has 1 aliphatic carbocycles. The number of ether oxygens (including phenoxy) is 2. The monoisotopic (exact) mass is 330 g/mol. The summed E-state index contributed by atoms with van der Waals surface area (Å²) in [7, 11) is 3.11. The SMILES string of the molecule is COc1cc2c(cc1OC)C(=O)C(=Cc1ccc(O)c(Cl)c1)C2. The Hall–Kier alpha value is -2.46. The number of rotatable bonds is 3. The van der Waals surface area contributed by atoms with Crippen molar-refractivity contribution in [1.29, 1.82) is 0 Å². The normalized spacial score (nSPS) is 14.9. The number of benzene rings is 2. The summed E-state index contributed by atoms with van der Waals surface area (Å²) in [6.45, 7) is 0. The third kappa shape index (κ3) is 2.78. The van der Waals surface area contributed by atoms with E-state index in [2.05, 4.69) is 0 Å². The van der Waals surface area contributed by atoms with Crippen LogP contribution in [0.2, 0.25) is 5.02 Å². The lowest BCUT2D eigenvalue weighted by atomic mass is 10.1. The zero-order valence-corrected chi connectivity index (χ0v) is 13.5. The lowest BCUT2D eigenvalue weighted by molar-refractivity contribution is 0.104. The number of hydrogen-bond acceptors (Lipinski definition) is 4. The molecule has 2 aromatic carbocycles. The summed E-state index contributed by atoms with van der Waals surface area (Å²) in [5.74, 6) is 1.12. The first-order valence-electron chi connectivity index (χ1n) is 7.02. The molecule has 118 valence electrons. The van der Waals surface area contributed by atoms with Gasteiger partial charge in [-0.3, -0.25) is 4.79 Å². The average Bonchev–Trinajstić information content (AvgIpc) is 2.85. The zero-order valence-electron chi connectivity index (χ0n) is 12.7. The smallest absolute Gasteiger partial charge is 0.189 e. The maximum Gasteiger partial charge on any atom is 0.189 e. The number of carbonyl (C=O) groups is 1. The van der Waals surface area contributed by atoms with Crippen LogP contribution in [0.5, 0.6) is 17.2 Å². The minimum absolute atomic E-state index is 0.0179. The van der Waals surface area contributed by atoms with Crippen LogP contribution in [0, 0.1) is 0 Å². The maximum atomic E-state index is 12.6. The van der Waals surface area contributed by atoms with Crippen LogP contribution >= 0.6 is 11.6 Å². The minimum Gasteiger partial charge on any atom is -0.506 e. The molecule has 0 aliphatic heterocycles. The van der Waals surface area contributed by atoms with E-state index in [1.165, 1.54) is 6.07 Å². The second-order valence-corrected chi connectivity index (χ2v) is 5.66. The molecule has 1 N–H and O–H groups in total. The van der Waals surface area contributed by atoms with Crippen LogP contribution in [-0.4, -0.2) is 25.1 Å². The van der Waals surface area contributed by atoms with Crippen molar-refractivity contribution in [1.82, 2.24) is 0 Å². The molecule has 0 bridgehead atoms. The van der Waals surface area contributed by atoms with Gasteiger partial charge in [0, 0.05) is 17.6 Å². The fourth-order valence-corrected chi connectivity index (χ4v) is 2.86. The largest absolute Gasteiger partial charge is 0.506 e. The van der Waals surface area contributed by atoms with E-state index >= 15 is 0 Å². The van der Waals surface area contributed by atoms with E-state index < -0.39 is 0 Å². The number of carbonyl (C=O) groups excluding carboxylic acids is 1. The van der Waals surface area contributed by atoms with Crippen molar-refractivity contribution in [2.24, 2.45) is 0 Å². The fourth-order valence-electron chi connectivity index (χ4n) is 2.67. The third-order valence-electron chi connectivity index (χ3n) is 3.84. The molecule has 1 aliphatic rings. The van der Waals surface area contributed by atoms with Gasteiger partial charge in [-0.15, -0.1) is 0 Å². The highest BCUT2D eigenvalue weighted by atomic mass is 35.5. The van der Waals surface area contributed by atoms with E-state index in [-0.39, 0.29) is 16.6 Å². The number of aromatic hydroxyl groups is 1. The Morgan fingerprint density at radius 3 is 2.48 bits per heavy atom. The van der Waals surface area contributed by atoms with Gasteiger partial charge in [-0.05, 0) is 41.5 Å². The minimum atomic E-state index is -0.0369. The van der Waals surface area contributed by atoms with Crippen molar-refractivity contribution in [3.8, 4) is 17.2 Å². The molecule has 0 amide bonds. The number of ketones is 1. The number of methoxy groups -OCH3 is 2. The summed E-state index contributed by atoms with van der Waals surface area (Å²) in [6.07, 6.45) is 2.31. The second kappa shape index (κ2) is 5.97. The second-order valence-electron chi connectivity index (χ2n) is 5.25. The number of phenolic OH excluding ortho intramolecular Hbond substituents is 1. The molecule has 3 rings (SSSR count). The Morgan fingerprint density at radius 1 is 1.13 bits per heavy atom. The summed E-state index contributed by atoms with van der Waals surface area (Å²) in [5.41, 5.74) is 2.96. The number of halogens is 1. The highest BCUT2D eigenvalue weighted by Crippen LogP contribution is 2.37. The van der Waals surface area contributed by atoms with Gasteiger partial charge in [0.05, 0.1) is 19.2 Å². The Morgan fingerprint density at radius 2 is 1.83 bits per heavy atom. The molecule has 0 atom stereocenters. The number of Topliss-reactive ketones (excluding diaryl/α,β-unsaturated/α-hetero) is 1. The van der Waals surface area contributed by atoms with Gasteiger partial charge in [-0.2, -0.15) is 0 Å². The molecule has 4 nitrogen and oxygen atoms in total. The number of phenols is 1. The molecule has 0 radical (unpaired) electrons. The Labute approximate surface area is 138 Å². The molecular weight excluding hydrogens is 316 g/mol. The maximum absolute atomic E-state index is 12.6. The Balaban J connectivity index is 1.99. The number of hydrogen-bond donors (Lipinski definition) is 1. The van der Waals surface area contributed by atoms with Crippen LogP contribution < -0.4 is 9.47 Å². The lowest BCUT2D eigenvalue weighted by Gasteiger charge is -2.08. The topological polar surface area (TPSA) is 55.8 Å². The first kappa shape index (κ1) is 15.4. The van der Waals surface area contributed by atoms with Gasteiger partial charge in [0.15, 0.2) is 17.3 Å². The van der Waals surface area contributed by atoms with E-state index in [4.69, 9.17) is 21.1 Å². The van der Waals surface area contributed by atoms with Gasteiger partial charge in [-0.25, -0.2) is 0 Å². The fraction of sp³-hybridized carbons (Fsp3) is 0.167. The van der Waals surface area contributed by atoms with Crippen LogP contribution in [0.25, 0.3) is 6.08 Å². The number of allylic oxidation sites excluding steroid dienone is 1. The Bertz CT molecular complexity index is 824. The van der Waals surface area contributed by atoms with Crippen molar-refractivity contribution in [2.45, 2.75) is 6.42 Å². The van der Waals surface area contributed by atoms with Gasteiger partial charge in [-0.1, -0.05) is 17.7 Å².